The minimum absolute atomic E-state index is 0.203. The van der Waals surface area contributed by atoms with Crippen LogP contribution in [0.4, 0.5) is 14.5 Å². The van der Waals surface area contributed by atoms with Gasteiger partial charge in [0.25, 0.3) is 5.91 Å². The lowest BCUT2D eigenvalue weighted by atomic mass is 10.2. The molecule has 0 saturated carbocycles. The number of nitrogens with one attached hydrogen (secondary N) is 1. The summed E-state index contributed by atoms with van der Waals surface area (Å²) < 4.78 is 36.9. The quantitative estimate of drug-likeness (QED) is 0.588. The van der Waals surface area contributed by atoms with Crippen molar-refractivity contribution in [1.82, 2.24) is 0 Å². The molecule has 1 atom stereocenters. The average molecular weight is 375 g/mol. The molecule has 0 aliphatic rings. The molecule has 1 amide bonds. The third kappa shape index (κ3) is 5.91. The molecule has 5 nitrogen and oxygen atoms in total. The molecule has 0 bridgehead atoms. The van der Waals surface area contributed by atoms with Crippen LogP contribution in [-0.2, 0) is 14.3 Å². The molecule has 2 aromatic carbocycles. The van der Waals surface area contributed by atoms with Crippen molar-refractivity contribution in [2.75, 3.05) is 11.9 Å². The maximum absolute atomic E-state index is 13.6. The average Bonchev–Trinajstić information content (AvgIpc) is 2.63. The van der Waals surface area contributed by atoms with E-state index in [0.717, 1.165) is 12.1 Å². The molecule has 1 N–H and O–H groups in total. The van der Waals surface area contributed by atoms with Gasteiger partial charge in [0.1, 0.15) is 17.4 Å². The Morgan fingerprint density at radius 2 is 1.93 bits per heavy atom. The van der Waals surface area contributed by atoms with Crippen LogP contribution in [0.25, 0.3) is 6.08 Å². The molecule has 0 aromatic heterocycles. The number of carbonyl (C=O) groups excluding carboxylic acids is 2. The first-order chi connectivity index (χ1) is 12.9. The number of carbonyl (C=O) groups is 2. The second-order valence-corrected chi connectivity index (χ2v) is 5.50. The molecule has 0 spiro atoms. The van der Waals surface area contributed by atoms with Crippen molar-refractivity contribution in [2.45, 2.75) is 20.0 Å². The molecule has 0 aliphatic carbocycles. The Kier molecular flexibility index (Phi) is 7.05. The van der Waals surface area contributed by atoms with Crippen LogP contribution in [0.5, 0.6) is 5.75 Å². The van der Waals surface area contributed by atoms with Crippen molar-refractivity contribution < 1.29 is 27.8 Å². The Balaban J connectivity index is 1.95. The zero-order chi connectivity index (χ0) is 19.8. The van der Waals surface area contributed by atoms with Crippen molar-refractivity contribution in [3.63, 3.8) is 0 Å². The SMILES string of the molecule is CCOc1ccccc1/C=C/C(=O)O[C@@H](C)C(=O)Nc1ccc(F)cc1F. The van der Waals surface area contributed by atoms with Gasteiger partial charge in [0.2, 0.25) is 0 Å². The molecule has 0 unspecified atom stereocenters. The minimum Gasteiger partial charge on any atom is -0.493 e. The molecular weight excluding hydrogens is 356 g/mol. The van der Waals surface area contributed by atoms with Gasteiger partial charge in [0.15, 0.2) is 6.10 Å². The molecule has 142 valence electrons. The van der Waals surface area contributed by atoms with E-state index >= 15 is 0 Å². The number of amides is 1. The van der Waals surface area contributed by atoms with E-state index in [9.17, 15) is 18.4 Å². The van der Waals surface area contributed by atoms with Crippen LogP contribution < -0.4 is 10.1 Å². The van der Waals surface area contributed by atoms with Crippen molar-refractivity contribution in [1.29, 1.82) is 0 Å². The summed E-state index contributed by atoms with van der Waals surface area (Å²) in [6, 6.07) is 9.87. The van der Waals surface area contributed by atoms with E-state index in [1.54, 1.807) is 18.2 Å². The van der Waals surface area contributed by atoms with E-state index in [2.05, 4.69) is 5.32 Å². The molecular formula is C20H19F2NO4. The van der Waals surface area contributed by atoms with Crippen molar-refractivity contribution >= 4 is 23.6 Å². The zero-order valence-electron chi connectivity index (χ0n) is 14.9. The molecule has 0 saturated heterocycles. The number of ether oxygens (including phenoxy) is 2. The zero-order valence-corrected chi connectivity index (χ0v) is 14.9. The van der Waals surface area contributed by atoms with Gasteiger partial charge >= 0.3 is 5.97 Å². The number of hydrogen-bond acceptors (Lipinski definition) is 4. The summed E-state index contributed by atoms with van der Waals surface area (Å²) in [4.78, 5) is 23.9. The van der Waals surface area contributed by atoms with E-state index in [1.165, 1.54) is 19.1 Å². The number of hydrogen-bond donors (Lipinski definition) is 1. The van der Waals surface area contributed by atoms with Crippen molar-refractivity contribution in [3.05, 3.63) is 65.7 Å². The molecule has 2 aromatic rings. The first-order valence-electron chi connectivity index (χ1n) is 8.27. The van der Waals surface area contributed by atoms with Gasteiger partial charge in [-0.05, 0) is 38.1 Å². The van der Waals surface area contributed by atoms with Gasteiger partial charge in [0.05, 0.1) is 12.3 Å². The molecule has 0 heterocycles. The monoisotopic (exact) mass is 375 g/mol. The first-order valence-corrected chi connectivity index (χ1v) is 8.27. The third-order valence-corrected chi connectivity index (χ3v) is 3.47. The van der Waals surface area contributed by atoms with Gasteiger partial charge in [-0.25, -0.2) is 13.6 Å². The van der Waals surface area contributed by atoms with Gasteiger partial charge in [-0.2, -0.15) is 0 Å². The van der Waals surface area contributed by atoms with Crippen LogP contribution in [-0.4, -0.2) is 24.6 Å². The number of para-hydroxylation sites is 1. The maximum atomic E-state index is 13.6. The normalized spacial score (nSPS) is 11.9. The molecule has 0 aliphatic heterocycles. The van der Waals surface area contributed by atoms with E-state index in [-0.39, 0.29) is 5.69 Å². The molecule has 27 heavy (non-hydrogen) atoms. The van der Waals surface area contributed by atoms with Crippen molar-refractivity contribution in [2.24, 2.45) is 0 Å². The molecule has 0 fully saturated rings. The lowest BCUT2D eigenvalue weighted by Crippen LogP contribution is -2.29. The van der Waals surface area contributed by atoms with Gasteiger partial charge < -0.3 is 14.8 Å². The van der Waals surface area contributed by atoms with Crippen LogP contribution in [0.15, 0.2) is 48.5 Å². The van der Waals surface area contributed by atoms with Crippen LogP contribution >= 0.6 is 0 Å². The Bertz CT molecular complexity index is 852. The lowest BCUT2D eigenvalue weighted by Gasteiger charge is -2.13. The van der Waals surface area contributed by atoms with E-state index in [1.807, 2.05) is 13.0 Å². The molecule has 0 radical (unpaired) electrons. The largest absolute Gasteiger partial charge is 0.493 e. The highest BCUT2D eigenvalue weighted by Gasteiger charge is 2.18. The van der Waals surface area contributed by atoms with Crippen LogP contribution in [0.1, 0.15) is 19.4 Å². The van der Waals surface area contributed by atoms with Crippen LogP contribution in [0.3, 0.4) is 0 Å². The Morgan fingerprint density at radius 3 is 2.63 bits per heavy atom. The van der Waals surface area contributed by atoms with Gasteiger partial charge in [0, 0.05) is 17.7 Å². The Morgan fingerprint density at radius 1 is 1.19 bits per heavy atom. The van der Waals surface area contributed by atoms with E-state index in [4.69, 9.17) is 9.47 Å². The minimum atomic E-state index is -1.17. The second-order valence-electron chi connectivity index (χ2n) is 5.50. The van der Waals surface area contributed by atoms with Crippen LogP contribution in [0, 0.1) is 11.6 Å². The first kappa shape index (κ1) is 20.1. The Labute approximate surface area is 155 Å². The highest BCUT2D eigenvalue weighted by molar-refractivity contribution is 5.96. The summed E-state index contributed by atoms with van der Waals surface area (Å²) in [5, 5.41) is 2.24. The summed E-state index contributed by atoms with van der Waals surface area (Å²) in [5.41, 5.74) is 0.479. The number of esters is 1. The number of rotatable bonds is 7. The predicted molar refractivity (Wildman–Crippen MR) is 97.2 cm³/mol. The molecule has 2 rings (SSSR count). The highest BCUT2D eigenvalue weighted by atomic mass is 19.1. The number of anilines is 1. The topological polar surface area (TPSA) is 64.6 Å². The second kappa shape index (κ2) is 9.47. The van der Waals surface area contributed by atoms with Gasteiger partial charge in [-0.15, -0.1) is 0 Å². The summed E-state index contributed by atoms with van der Waals surface area (Å²) in [7, 11) is 0. The standard InChI is InChI=1S/C20H19F2NO4/c1-3-26-18-7-5-4-6-14(18)8-11-19(24)27-13(2)20(25)23-17-10-9-15(21)12-16(17)22/h4-13H,3H2,1-2H3,(H,23,25)/b11-8+/t13-/m0/s1. The van der Waals surface area contributed by atoms with E-state index < -0.39 is 29.6 Å². The predicted octanol–water partition coefficient (Wildman–Crippen LogP) is 3.95. The highest BCUT2D eigenvalue weighted by Crippen LogP contribution is 2.19. The summed E-state index contributed by atoms with van der Waals surface area (Å²) in [6.45, 7) is 3.67. The maximum Gasteiger partial charge on any atom is 0.331 e. The summed E-state index contributed by atoms with van der Waals surface area (Å²) in [5.74, 6) is -2.56. The fraction of sp³-hybridized carbons (Fsp3) is 0.200. The van der Waals surface area contributed by atoms with Crippen molar-refractivity contribution in [3.8, 4) is 5.75 Å². The lowest BCUT2D eigenvalue weighted by molar-refractivity contribution is -0.148. The third-order valence-electron chi connectivity index (χ3n) is 3.47. The fourth-order valence-electron chi connectivity index (χ4n) is 2.16. The fourth-order valence-corrected chi connectivity index (χ4v) is 2.16. The Hall–Kier alpha value is -3.22. The van der Waals surface area contributed by atoms with Gasteiger partial charge in [-0.1, -0.05) is 18.2 Å². The summed E-state index contributed by atoms with van der Waals surface area (Å²) >= 11 is 0. The van der Waals surface area contributed by atoms with E-state index in [0.29, 0.717) is 24.0 Å². The number of halogens is 2. The van der Waals surface area contributed by atoms with Crippen LogP contribution in [0.2, 0.25) is 0 Å². The van der Waals surface area contributed by atoms with Gasteiger partial charge in [-0.3, -0.25) is 4.79 Å². The number of benzene rings is 2. The smallest absolute Gasteiger partial charge is 0.331 e. The molecule has 7 heteroatoms. The summed E-state index contributed by atoms with van der Waals surface area (Å²) in [6.07, 6.45) is 1.51.